The van der Waals surface area contributed by atoms with Gasteiger partial charge in [-0.05, 0) is 49.7 Å². The maximum Gasteiger partial charge on any atom is 0.340 e. The van der Waals surface area contributed by atoms with Gasteiger partial charge in [-0.2, -0.15) is 0 Å². The second-order valence-corrected chi connectivity index (χ2v) is 7.50. The van der Waals surface area contributed by atoms with Gasteiger partial charge in [-0.1, -0.05) is 37.3 Å². The molecule has 0 aliphatic carbocycles. The molecule has 1 N–H and O–H groups in total. The predicted octanol–water partition coefficient (Wildman–Crippen LogP) is 4.00. The Balaban J connectivity index is 1.77. The largest absolute Gasteiger partial charge is 0.462 e. The van der Waals surface area contributed by atoms with Crippen molar-refractivity contribution in [3.05, 3.63) is 76.7 Å². The van der Waals surface area contributed by atoms with Crippen LogP contribution in [-0.4, -0.2) is 41.5 Å². The molecule has 0 radical (unpaired) electrons. The van der Waals surface area contributed by atoms with Gasteiger partial charge in [0.05, 0.1) is 29.9 Å². The van der Waals surface area contributed by atoms with Gasteiger partial charge in [-0.3, -0.25) is 14.7 Å². The van der Waals surface area contributed by atoms with Crippen LogP contribution in [0.3, 0.4) is 0 Å². The molecule has 168 valence electrons. The molecule has 1 aromatic heterocycles. The average Bonchev–Trinajstić information content (AvgIpc) is 2.78. The molecule has 6 nitrogen and oxygen atoms in total. The summed E-state index contributed by atoms with van der Waals surface area (Å²) in [4.78, 5) is 31.9. The number of carbonyl (C=O) groups excluding carboxylic acids is 2. The quantitative estimate of drug-likeness (QED) is 0.513. The van der Waals surface area contributed by atoms with E-state index in [-0.39, 0.29) is 24.9 Å². The number of aryl methyl sites for hydroxylation is 1. The van der Waals surface area contributed by atoms with Crippen LogP contribution in [-0.2, 0) is 22.6 Å². The summed E-state index contributed by atoms with van der Waals surface area (Å²) in [6.07, 6.45) is 0. The highest BCUT2D eigenvalue weighted by molar-refractivity contribution is 5.98. The number of hydrogen-bond acceptors (Lipinski definition) is 5. The average molecular weight is 438 g/mol. The van der Waals surface area contributed by atoms with E-state index in [0.29, 0.717) is 30.9 Å². The number of ether oxygens (including phenoxy) is 1. The van der Waals surface area contributed by atoms with E-state index in [1.54, 1.807) is 19.1 Å². The number of carbonyl (C=O) groups is 2. The Bertz CT molecular complexity index is 1100. The Morgan fingerprint density at radius 2 is 1.81 bits per heavy atom. The number of aromatic nitrogens is 1. The molecule has 7 heteroatoms. The number of likely N-dealkylation sites (N-methyl/N-ethyl adjacent to an activating group) is 1. The number of pyridine rings is 1. The van der Waals surface area contributed by atoms with Crippen LogP contribution in [0.2, 0.25) is 0 Å². The number of esters is 1. The predicted molar refractivity (Wildman–Crippen MR) is 122 cm³/mol. The molecule has 0 aliphatic rings. The molecule has 0 bridgehead atoms. The van der Waals surface area contributed by atoms with Gasteiger partial charge >= 0.3 is 5.97 Å². The Labute approximate surface area is 187 Å². The fourth-order valence-corrected chi connectivity index (χ4v) is 3.58. The lowest BCUT2D eigenvalue weighted by atomic mass is 10.0. The lowest BCUT2D eigenvalue weighted by molar-refractivity contribution is -0.122. The molecule has 0 saturated heterocycles. The van der Waals surface area contributed by atoms with Gasteiger partial charge in [-0.15, -0.1) is 0 Å². The molecule has 1 amide bonds. The highest BCUT2D eigenvalue weighted by atomic mass is 19.1. The number of nitrogens with zero attached hydrogens (tertiary/aromatic N) is 2. The number of benzene rings is 2. The molecule has 3 rings (SSSR count). The Kier molecular flexibility index (Phi) is 7.89. The molecule has 32 heavy (non-hydrogen) atoms. The van der Waals surface area contributed by atoms with Crippen LogP contribution >= 0.6 is 0 Å². The second kappa shape index (κ2) is 10.8. The van der Waals surface area contributed by atoms with Crippen LogP contribution in [0.15, 0.2) is 48.5 Å². The van der Waals surface area contributed by atoms with Crippen molar-refractivity contribution in [3.8, 4) is 0 Å². The molecule has 0 aliphatic heterocycles. The van der Waals surface area contributed by atoms with E-state index in [4.69, 9.17) is 9.72 Å². The van der Waals surface area contributed by atoms with Crippen molar-refractivity contribution in [2.24, 2.45) is 0 Å². The van der Waals surface area contributed by atoms with Crippen LogP contribution in [0.5, 0.6) is 0 Å². The van der Waals surface area contributed by atoms with Crippen molar-refractivity contribution in [1.82, 2.24) is 15.2 Å². The van der Waals surface area contributed by atoms with E-state index in [1.165, 1.54) is 12.1 Å². The number of nitrogens with one attached hydrogen (secondary N) is 1. The Hall–Kier alpha value is -3.32. The number of hydrogen-bond donors (Lipinski definition) is 1. The summed E-state index contributed by atoms with van der Waals surface area (Å²) in [5.41, 5.74) is 3.48. The van der Waals surface area contributed by atoms with Crippen LogP contribution in [0, 0.1) is 12.7 Å². The number of rotatable bonds is 9. The summed E-state index contributed by atoms with van der Waals surface area (Å²) >= 11 is 0. The third kappa shape index (κ3) is 5.68. The van der Waals surface area contributed by atoms with E-state index < -0.39 is 5.97 Å². The van der Waals surface area contributed by atoms with Crippen LogP contribution in [0.25, 0.3) is 10.9 Å². The standard InChI is InChI=1S/C25H28FN3O3/c1-4-29(16-23(30)27-14-18-10-12-19(26)13-11-18)15-22-24(25(31)32-5-2)17(3)20-8-6-7-9-21(20)28-22/h6-13H,4-5,14-16H2,1-3H3,(H,27,30). The SMILES string of the molecule is CCOC(=O)c1c(CN(CC)CC(=O)NCc2ccc(F)cc2)nc2ccccc2c1C. The normalized spacial score (nSPS) is 11.0. The maximum absolute atomic E-state index is 13.0. The maximum atomic E-state index is 13.0. The lowest BCUT2D eigenvalue weighted by Gasteiger charge is -2.22. The van der Waals surface area contributed by atoms with Gasteiger partial charge in [0.2, 0.25) is 5.91 Å². The molecular weight excluding hydrogens is 409 g/mol. The topological polar surface area (TPSA) is 71.5 Å². The molecular formula is C25H28FN3O3. The minimum Gasteiger partial charge on any atom is -0.462 e. The van der Waals surface area contributed by atoms with Crippen molar-refractivity contribution in [3.63, 3.8) is 0 Å². The zero-order valence-electron chi connectivity index (χ0n) is 18.7. The van der Waals surface area contributed by atoms with Crippen molar-refractivity contribution in [1.29, 1.82) is 0 Å². The van der Waals surface area contributed by atoms with E-state index in [0.717, 1.165) is 22.0 Å². The lowest BCUT2D eigenvalue weighted by Crippen LogP contribution is -2.37. The first-order valence-electron chi connectivity index (χ1n) is 10.7. The van der Waals surface area contributed by atoms with Crippen molar-refractivity contribution in [2.45, 2.75) is 33.9 Å². The van der Waals surface area contributed by atoms with Gasteiger partial charge in [0, 0.05) is 18.5 Å². The number of fused-ring (bicyclic) bond motifs is 1. The molecule has 0 spiro atoms. The third-order valence-electron chi connectivity index (χ3n) is 5.30. The summed E-state index contributed by atoms with van der Waals surface area (Å²) in [6.45, 7) is 7.28. The summed E-state index contributed by atoms with van der Waals surface area (Å²) < 4.78 is 18.3. The van der Waals surface area contributed by atoms with Gasteiger partial charge < -0.3 is 10.1 Å². The highest BCUT2D eigenvalue weighted by Crippen LogP contribution is 2.24. The summed E-state index contributed by atoms with van der Waals surface area (Å²) in [6, 6.07) is 13.7. The minimum absolute atomic E-state index is 0.146. The first-order chi connectivity index (χ1) is 15.4. The zero-order chi connectivity index (χ0) is 23.1. The van der Waals surface area contributed by atoms with E-state index in [2.05, 4.69) is 5.32 Å². The fourth-order valence-electron chi connectivity index (χ4n) is 3.58. The first kappa shape index (κ1) is 23.3. The van der Waals surface area contributed by atoms with Gasteiger partial charge in [-0.25, -0.2) is 9.18 Å². The van der Waals surface area contributed by atoms with Crippen molar-refractivity contribution < 1.29 is 18.7 Å². The van der Waals surface area contributed by atoms with Crippen LogP contribution in [0.1, 0.15) is 41.0 Å². The Morgan fingerprint density at radius 1 is 1.09 bits per heavy atom. The van der Waals surface area contributed by atoms with Gasteiger partial charge in [0.15, 0.2) is 0 Å². The number of halogens is 1. The van der Waals surface area contributed by atoms with Crippen molar-refractivity contribution >= 4 is 22.8 Å². The molecule has 1 heterocycles. The fraction of sp³-hybridized carbons (Fsp3) is 0.320. The number of amides is 1. The highest BCUT2D eigenvalue weighted by Gasteiger charge is 2.22. The minimum atomic E-state index is -0.407. The summed E-state index contributed by atoms with van der Waals surface area (Å²) in [7, 11) is 0. The van der Waals surface area contributed by atoms with Crippen LogP contribution < -0.4 is 5.32 Å². The number of para-hydroxylation sites is 1. The van der Waals surface area contributed by atoms with Crippen molar-refractivity contribution in [2.75, 3.05) is 19.7 Å². The second-order valence-electron chi connectivity index (χ2n) is 7.50. The molecule has 2 aromatic carbocycles. The first-order valence-corrected chi connectivity index (χ1v) is 10.7. The molecule has 0 atom stereocenters. The summed E-state index contributed by atoms with van der Waals surface area (Å²) in [5, 5.41) is 3.75. The molecule has 3 aromatic rings. The third-order valence-corrected chi connectivity index (χ3v) is 5.30. The van der Waals surface area contributed by atoms with E-state index >= 15 is 0 Å². The Morgan fingerprint density at radius 3 is 2.50 bits per heavy atom. The van der Waals surface area contributed by atoms with E-state index in [1.807, 2.05) is 43.0 Å². The smallest absolute Gasteiger partial charge is 0.340 e. The summed E-state index contributed by atoms with van der Waals surface area (Å²) in [5.74, 6) is -0.880. The molecule has 0 saturated carbocycles. The van der Waals surface area contributed by atoms with Gasteiger partial charge in [0.1, 0.15) is 5.82 Å². The van der Waals surface area contributed by atoms with Crippen LogP contribution in [0.4, 0.5) is 4.39 Å². The molecule has 0 unspecified atom stereocenters. The zero-order valence-corrected chi connectivity index (χ0v) is 18.7. The van der Waals surface area contributed by atoms with Gasteiger partial charge in [0.25, 0.3) is 0 Å². The molecule has 0 fully saturated rings. The monoisotopic (exact) mass is 437 g/mol. The van der Waals surface area contributed by atoms with E-state index in [9.17, 15) is 14.0 Å².